The normalized spacial score (nSPS) is 10.5. The summed E-state index contributed by atoms with van der Waals surface area (Å²) in [6.45, 7) is 0. The zero-order valence-electron chi connectivity index (χ0n) is 8.25. The number of rotatable bonds is 3. The molecule has 0 amide bonds. The van der Waals surface area contributed by atoms with Gasteiger partial charge in [-0.3, -0.25) is 0 Å². The van der Waals surface area contributed by atoms with E-state index in [9.17, 15) is 10.2 Å². The summed E-state index contributed by atoms with van der Waals surface area (Å²) < 4.78 is 5.13. The van der Waals surface area contributed by atoms with Gasteiger partial charge in [0.15, 0.2) is 11.5 Å². The Morgan fingerprint density at radius 3 is 2.56 bits per heavy atom. The molecule has 1 heterocycles. The number of hydrogen-bond donors (Lipinski definition) is 3. The van der Waals surface area contributed by atoms with E-state index in [1.807, 2.05) is 6.07 Å². The van der Waals surface area contributed by atoms with E-state index in [2.05, 4.69) is 0 Å². The van der Waals surface area contributed by atoms with E-state index < -0.39 is 5.75 Å². The molecule has 84 valence electrons. The average Bonchev–Trinajstić information content (AvgIpc) is 2.78. The number of hydrogen-bond acceptors (Lipinski definition) is 5. The number of thioether (sulfide) groups is 1. The van der Waals surface area contributed by atoms with Gasteiger partial charge in [0.1, 0.15) is 5.76 Å². The summed E-state index contributed by atoms with van der Waals surface area (Å²) in [6, 6.07) is 6.48. The first-order chi connectivity index (χ1) is 7.68. The third-order valence-electron chi connectivity index (χ3n) is 2.04. The monoisotopic (exact) mass is 238 g/mol. The Balaban J connectivity index is 2.13. The lowest BCUT2D eigenvalue weighted by Crippen LogP contribution is -1.79. The Morgan fingerprint density at radius 2 is 1.88 bits per heavy atom. The fourth-order valence-electron chi connectivity index (χ4n) is 1.21. The smallest absolute Gasteiger partial charge is 0.201 e. The van der Waals surface area contributed by atoms with Crippen LogP contribution in [0.25, 0.3) is 0 Å². The molecule has 16 heavy (non-hydrogen) atoms. The lowest BCUT2D eigenvalue weighted by Gasteiger charge is -2.06. The van der Waals surface area contributed by atoms with Crippen molar-refractivity contribution in [3.05, 3.63) is 36.3 Å². The number of phenolic OH excluding ortho intramolecular Hbond substituents is 3. The van der Waals surface area contributed by atoms with E-state index in [-0.39, 0.29) is 11.5 Å². The van der Waals surface area contributed by atoms with Crippen LogP contribution in [0.15, 0.2) is 39.8 Å². The summed E-state index contributed by atoms with van der Waals surface area (Å²) in [4.78, 5) is 0.492. The molecule has 3 N–H and O–H groups in total. The maximum Gasteiger partial charge on any atom is 0.201 e. The van der Waals surface area contributed by atoms with Crippen molar-refractivity contribution in [2.45, 2.75) is 10.6 Å². The second-order valence-corrected chi connectivity index (χ2v) is 4.17. The van der Waals surface area contributed by atoms with E-state index in [1.165, 1.54) is 23.9 Å². The van der Waals surface area contributed by atoms with Crippen LogP contribution in [0.1, 0.15) is 5.76 Å². The van der Waals surface area contributed by atoms with Gasteiger partial charge >= 0.3 is 0 Å². The van der Waals surface area contributed by atoms with Crippen LogP contribution in [0.3, 0.4) is 0 Å². The number of phenols is 3. The molecule has 0 aliphatic carbocycles. The molecule has 0 aliphatic heterocycles. The summed E-state index contributed by atoms with van der Waals surface area (Å²) >= 11 is 1.31. The lowest BCUT2D eigenvalue weighted by molar-refractivity contribution is 0.362. The summed E-state index contributed by atoms with van der Waals surface area (Å²) in [5, 5.41) is 28.0. The van der Waals surface area contributed by atoms with Crippen LogP contribution in [-0.4, -0.2) is 15.3 Å². The van der Waals surface area contributed by atoms with Crippen molar-refractivity contribution in [1.82, 2.24) is 0 Å². The molecule has 1 aromatic carbocycles. The van der Waals surface area contributed by atoms with Crippen LogP contribution < -0.4 is 0 Å². The van der Waals surface area contributed by atoms with E-state index in [0.29, 0.717) is 10.6 Å². The second-order valence-electron chi connectivity index (χ2n) is 3.15. The molecule has 5 heteroatoms. The van der Waals surface area contributed by atoms with Gasteiger partial charge in [-0.25, -0.2) is 0 Å². The molecule has 0 spiro atoms. The van der Waals surface area contributed by atoms with Gasteiger partial charge in [0, 0.05) is 0 Å². The first-order valence-corrected chi connectivity index (χ1v) is 5.56. The van der Waals surface area contributed by atoms with Gasteiger partial charge in [0.25, 0.3) is 0 Å². The number of furan rings is 1. The van der Waals surface area contributed by atoms with Crippen molar-refractivity contribution >= 4 is 11.8 Å². The zero-order chi connectivity index (χ0) is 11.5. The molecular formula is C11H10O4S. The third-order valence-corrected chi connectivity index (χ3v) is 3.11. The maximum atomic E-state index is 9.55. The quantitative estimate of drug-likeness (QED) is 0.566. The molecule has 0 saturated carbocycles. The molecule has 0 radical (unpaired) electrons. The van der Waals surface area contributed by atoms with E-state index >= 15 is 0 Å². The van der Waals surface area contributed by atoms with Gasteiger partial charge in [-0.1, -0.05) is 0 Å². The van der Waals surface area contributed by atoms with Crippen LogP contribution in [0.4, 0.5) is 0 Å². The Hall–Kier alpha value is -1.75. The molecule has 4 nitrogen and oxygen atoms in total. The fraction of sp³-hybridized carbons (Fsp3) is 0.0909. The fourth-order valence-corrected chi connectivity index (χ4v) is 2.07. The van der Waals surface area contributed by atoms with Gasteiger partial charge in [0.05, 0.1) is 16.9 Å². The minimum atomic E-state index is -0.496. The minimum absolute atomic E-state index is 0.309. The van der Waals surface area contributed by atoms with E-state index in [4.69, 9.17) is 9.52 Å². The molecule has 2 aromatic rings. The summed E-state index contributed by atoms with van der Waals surface area (Å²) in [6.07, 6.45) is 1.57. The van der Waals surface area contributed by atoms with Crippen LogP contribution in [-0.2, 0) is 5.75 Å². The van der Waals surface area contributed by atoms with Crippen LogP contribution >= 0.6 is 11.8 Å². The second kappa shape index (κ2) is 4.40. The Kier molecular flexibility index (Phi) is 2.96. The Labute approximate surface area is 96.2 Å². The largest absolute Gasteiger partial charge is 0.504 e. The topological polar surface area (TPSA) is 73.8 Å². The van der Waals surface area contributed by atoms with Crippen molar-refractivity contribution in [2.75, 3.05) is 0 Å². The summed E-state index contributed by atoms with van der Waals surface area (Å²) in [5.74, 6) is 0.183. The highest BCUT2D eigenvalue weighted by atomic mass is 32.2. The highest BCUT2D eigenvalue weighted by Gasteiger charge is 2.11. The summed E-state index contributed by atoms with van der Waals surface area (Å²) in [7, 11) is 0. The Morgan fingerprint density at radius 1 is 1.06 bits per heavy atom. The molecule has 1 aromatic heterocycles. The Bertz CT molecular complexity index is 479. The molecule has 0 atom stereocenters. The highest BCUT2D eigenvalue weighted by molar-refractivity contribution is 7.98. The van der Waals surface area contributed by atoms with E-state index in [1.54, 1.807) is 12.3 Å². The molecule has 0 fully saturated rings. The van der Waals surface area contributed by atoms with Crippen molar-refractivity contribution in [2.24, 2.45) is 0 Å². The predicted octanol–water partition coefficient (Wildman–Crippen LogP) is 2.69. The van der Waals surface area contributed by atoms with Gasteiger partial charge in [0.2, 0.25) is 5.75 Å². The SMILES string of the molecule is Oc1ccc(SCc2ccco2)c(O)c1O. The number of benzene rings is 1. The van der Waals surface area contributed by atoms with Crippen molar-refractivity contribution in [3.63, 3.8) is 0 Å². The van der Waals surface area contributed by atoms with Crippen LogP contribution in [0, 0.1) is 0 Å². The van der Waals surface area contributed by atoms with Gasteiger partial charge in [-0.15, -0.1) is 11.8 Å². The maximum absolute atomic E-state index is 9.55. The van der Waals surface area contributed by atoms with Crippen LogP contribution in [0.5, 0.6) is 17.2 Å². The van der Waals surface area contributed by atoms with Gasteiger partial charge in [-0.05, 0) is 24.3 Å². The van der Waals surface area contributed by atoms with Crippen molar-refractivity contribution in [3.8, 4) is 17.2 Å². The molecule has 0 bridgehead atoms. The van der Waals surface area contributed by atoms with Gasteiger partial charge in [-0.2, -0.15) is 0 Å². The first kappa shape index (κ1) is 10.8. The van der Waals surface area contributed by atoms with Crippen molar-refractivity contribution < 1.29 is 19.7 Å². The van der Waals surface area contributed by atoms with Crippen LogP contribution in [0.2, 0.25) is 0 Å². The van der Waals surface area contributed by atoms with E-state index in [0.717, 1.165) is 5.76 Å². The van der Waals surface area contributed by atoms with Crippen molar-refractivity contribution in [1.29, 1.82) is 0 Å². The lowest BCUT2D eigenvalue weighted by atomic mass is 10.3. The molecule has 0 unspecified atom stereocenters. The van der Waals surface area contributed by atoms with Gasteiger partial charge < -0.3 is 19.7 Å². The predicted molar refractivity (Wildman–Crippen MR) is 59.7 cm³/mol. The first-order valence-electron chi connectivity index (χ1n) is 4.57. The molecule has 0 saturated heterocycles. The standard InChI is InChI=1S/C11H10O4S/c12-8-3-4-9(11(14)10(8)13)16-6-7-2-1-5-15-7/h1-5,12-14H,6H2. The third kappa shape index (κ3) is 2.09. The number of aromatic hydroxyl groups is 3. The highest BCUT2D eigenvalue weighted by Crippen LogP contribution is 2.42. The minimum Gasteiger partial charge on any atom is -0.504 e. The summed E-state index contributed by atoms with van der Waals surface area (Å²) in [5.41, 5.74) is 0. The molecule has 2 rings (SSSR count). The molecular weight excluding hydrogens is 228 g/mol. The average molecular weight is 238 g/mol. The zero-order valence-corrected chi connectivity index (χ0v) is 9.07. The molecule has 0 aliphatic rings.